The maximum Gasteiger partial charge on any atom is 0.391 e. The number of hydrogen-bond donors (Lipinski definition) is 2. The number of pyridine rings is 1. The summed E-state index contributed by atoms with van der Waals surface area (Å²) in [5, 5.41) is 0. The number of nitrogens with one attached hydrogen (secondary N) is 1. The third kappa shape index (κ3) is 2.84. The highest BCUT2D eigenvalue weighted by Crippen LogP contribution is 2.35. The van der Waals surface area contributed by atoms with Gasteiger partial charge in [0.05, 0.1) is 5.92 Å². The van der Waals surface area contributed by atoms with Gasteiger partial charge in [-0.05, 0) is 25.0 Å². The van der Waals surface area contributed by atoms with Gasteiger partial charge in [0.2, 0.25) is 0 Å². The Balaban J connectivity index is 2.01. The number of rotatable bonds is 2. The lowest BCUT2D eigenvalue weighted by Gasteiger charge is -2.33. The number of nitrogen functional groups attached to an aromatic ring is 1. The fraction of sp³-hybridized carbons (Fsp3) is 0.545. The Morgan fingerprint density at radius 2 is 1.94 bits per heavy atom. The molecule has 7 heteroatoms. The zero-order chi connectivity index (χ0) is 13.2. The molecule has 1 saturated heterocycles. The SMILES string of the molecule is NNc1cccc(N2CCC(C(F)(F)F)CC2)n1. The molecule has 100 valence electrons. The van der Waals surface area contributed by atoms with Gasteiger partial charge in [0.15, 0.2) is 0 Å². The van der Waals surface area contributed by atoms with Crippen molar-refractivity contribution in [2.75, 3.05) is 23.4 Å². The van der Waals surface area contributed by atoms with Crippen LogP contribution in [0.15, 0.2) is 18.2 Å². The van der Waals surface area contributed by atoms with Gasteiger partial charge in [0.25, 0.3) is 0 Å². The van der Waals surface area contributed by atoms with Gasteiger partial charge >= 0.3 is 6.18 Å². The van der Waals surface area contributed by atoms with Crippen LogP contribution in [0.1, 0.15) is 12.8 Å². The second-order valence-electron chi connectivity index (χ2n) is 4.33. The van der Waals surface area contributed by atoms with Crippen LogP contribution < -0.4 is 16.2 Å². The van der Waals surface area contributed by atoms with Crippen molar-refractivity contribution in [1.29, 1.82) is 0 Å². The highest BCUT2D eigenvalue weighted by Gasteiger charge is 2.41. The zero-order valence-electron chi connectivity index (χ0n) is 9.74. The van der Waals surface area contributed by atoms with E-state index in [0.29, 0.717) is 24.7 Å². The Kier molecular flexibility index (Phi) is 3.60. The number of nitrogens with two attached hydrogens (primary N) is 1. The quantitative estimate of drug-likeness (QED) is 0.632. The minimum Gasteiger partial charge on any atom is -0.357 e. The first-order chi connectivity index (χ1) is 8.50. The molecule has 0 unspecified atom stereocenters. The minimum absolute atomic E-state index is 0.117. The fourth-order valence-electron chi connectivity index (χ4n) is 2.12. The highest BCUT2D eigenvalue weighted by atomic mass is 19.4. The number of hydrazine groups is 1. The van der Waals surface area contributed by atoms with Gasteiger partial charge in [0.1, 0.15) is 11.6 Å². The van der Waals surface area contributed by atoms with Crippen LogP contribution in [0.4, 0.5) is 24.8 Å². The molecule has 0 atom stereocenters. The monoisotopic (exact) mass is 260 g/mol. The summed E-state index contributed by atoms with van der Waals surface area (Å²) in [6.45, 7) is 0.733. The fourth-order valence-corrected chi connectivity index (χ4v) is 2.12. The summed E-state index contributed by atoms with van der Waals surface area (Å²) >= 11 is 0. The maximum absolute atomic E-state index is 12.5. The molecular weight excluding hydrogens is 245 g/mol. The van der Waals surface area contributed by atoms with Gasteiger partial charge in [0, 0.05) is 13.1 Å². The third-order valence-corrected chi connectivity index (χ3v) is 3.16. The summed E-state index contributed by atoms with van der Waals surface area (Å²) in [5.74, 6) is 5.22. The molecule has 1 aliphatic heterocycles. The number of nitrogens with zero attached hydrogens (tertiary/aromatic N) is 2. The lowest BCUT2D eigenvalue weighted by atomic mass is 9.96. The summed E-state index contributed by atoms with van der Waals surface area (Å²) in [6.07, 6.45) is -3.85. The maximum atomic E-state index is 12.5. The molecule has 0 spiro atoms. The molecule has 0 aliphatic carbocycles. The number of anilines is 2. The van der Waals surface area contributed by atoms with Crippen molar-refractivity contribution >= 4 is 11.6 Å². The van der Waals surface area contributed by atoms with Crippen molar-refractivity contribution in [2.45, 2.75) is 19.0 Å². The Hall–Kier alpha value is -1.50. The first-order valence-electron chi connectivity index (χ1n) is 5.76. The van der Waals surface area contributed by atoms with E-state index in [0.717, 1.165) is 0 Å². The van der Waals surface area contributed by atoms with Gasteiger partial charge in [-0.2, -0.15) is 13.2 Å². The number of alkyl halides is 3. The summed E-state index contributed by atoms with van der Waals surface area (Å²) < 4.78 is 37.6. The molecule has 1 aromatic rings. The van der Waals surface area contributed by atoms with Gasteiger partial charge < -0.3 is 10.3 Å². The van der Waals surface area contributed by atoms with E-state index in [2.05, 4.69) is 10.4 Å². The summed E-state index contributed by atoms with van der Waals surface area (Å²) in [4.78, 5) is 6.06. The van der Waals surface area contributed by atoms with E-state index in [1.807, 2.05) is 4.90 Å². The molecule has 0 radical (unpaired) electrons. The van der Waals surface area contributed by atoms with Crippen LogP contribution in [-0.2, 0) is 0 Å². The number of halogens is 3. The van der Waals surface area contributed by atoms with Crippen molar-refractivity contribution < 1.29 is 13.2 Å². The normalized spacial score (nSPS) is 17.9. The highest BCUT2D eigenvalue weighted by molar-refractivity contribution is 5.46. The van der Waals surface area contributed by atoms with Crippen LogP contribution in [0, 0.1) is 5.92 Å². The van der Waals surface area contributed by atoms with Crippen LogP contribution in [0.2, 0.25) is 0 Å². The molecule has 0 aromatic carbocycles. The molecule has 2 heterocycles. The molecular formula is C11H15F3N4. The van der Waals surface area contributed by atoms with Gasteiger partial charge in [-0.3, -0.25) is 0 Å². The molecule has 0 amide bonds. The lowest BCUT2D eigenvalue weighted by molar-refractivity contribution is -0.179. The van der Waals surface area contributed by atoms with Crippen molar-refractivity contribution in [1.82, 2.24) is 4.98 Å². The first-order valence-corrected chi connectivity index (χ1v) is 5.76. The second-order valence-corrected chi connectivity index (χ2v) is 4.33. The third-order valence-electron chi connectivity index (χ3n) is 3.16. The molecule has 18 heavy (non-hydrogen) atoms. The lowest BCUT2D eigenvalue weighted by Crippen LogP contribution is -2.39. The molecule has 1 aliphatic rings. The molecule has 0 saturated carbocycles. The van der Waals surface area contributed by atoms with Gasteiger partial charge in [-0.25, -0.2) is 10.8 Å². The summed E-state index contributed by atoms with van der Waals surface area (Å²) in [6, 6.07) is 5.24. The van der Waals surface area contributed by atoms with Crippen LogP contribution in [0.3, 0.4) is 0 Å². The smallest absolute Gasteiger partial charge is 0.357 e. The Labute approximate surface area is 103 Å². The van der Waals surface area contributed by atoms with E-state index in [1.54, 1.807) is 18.2 Å². The predicted molar refractivity (Wildman–Crippen MR) is 63.0 cm³/mol. The van der Waals surface area contributed by atoms with Crippen LogP contribution in [0.25, 0.3) is 0 Å². The molecule has 3 N–H and O–H groups in total. The minimum atomic E-state index is -4.08. The average Bonchev–Trinajstić information content (AvgIpc) is 2.38. The van der Waals surface area contributed by atoms with Crippen molar-refractivity contribution in [3.05, 3.63) is 18.2 Å². The van der Waals surface area contributed by atoms with Crippen LogP contribution >= 0.6 is 0 Å². The number of hydrogen-bond acceptors (Lipinski definition) is 4. The molecule has 1 fully saturated rings. The largest absolute Gasteiger partial charge is 0.391 e. The van der Waals surface area contributed by atoms with Crippen molar-refractivity contribution in [3.8, 4) is 0 Å². The van der Waals surface area contributed by atoms with E-state index >= 15 is 0 Å². The molecule has 4 nitrogen and oxygen atoms in total. The van der Waals surface area contributed by atoms with E-state index in [1.165, 1.54) is 0 Å². The Morgan fingerprint density at radius 1 is 1.28 bits per heavy atom. The number of piperidine rings is 1. The van der Waals surface area contributed by atoms with Crippen LogP contribution in [-0.4, -0.2) is 24.2 Å². The first kappa shape index (κ1) is 12.9. The second kappa shape index (κ2) is 5.01. The Bertz CT molecular complexity index is 400. The van der Waals surface area contributed by atoms with Crippen molar-refractivity contribution in [3.63, 3.8) is 0 Å². The van der Waals surface area contributed by atoms with E-state index in [9.17, 15) is 13.2 Å². The van der Waals surface area contributed by atoms with Crippen molar-refractivity contribution in [2.24, 2.45) is 11.8 Å². The van der Waals surface area contributed by atoms with Crippen LogP contribution in [0.5, 0.6) is 0 Å². The van der Waals surface area contributed by atoms with E-state index < -0.39 is 12.1 Å². The summed E-state index contributed by atoms with van der Waals surface area (Å²) in [5.41, 5.74) is 2.42. The molecule has 1 aromatic heterocycles. The predicted octanol–water partition coefficient (Wildman–Crippen LogP) is 2.15. The van der Waals surface area contributed by atoms with Gasteiger partial charge in [-0.15, -0.1) is 0 Å². The average molecular weight is 260 g/mol. The molecule has 0 bridgehead atoms. The van der Waals surface area contributed by atoms with E-state index in [4.69, 9.17) is 5.84 Å². The zero-order valence-corrected chi connectivity index (χ0v) is 9.74. The Morgan fingerprint density at radius 3 is 2.50 bits per heavy atom. The topological polar surface area (TPSA) is 54.2 Å². The standard InChI is InChI=1S/C11H15F3N4/c12-11(13,14)8-4-6-18(7-5-8)10-3-1-2-9(16-10)17-15/h1-3,8H,4-7,15H2,(H,16,17). The van der Waals surface area contributed by atoms with Gasteiger partial charge in [-0.1, -0.05) is 6.07 Å². The number of aromatic nitrogens is 1. The molecule has 2 rings (SSSR count). The van der Waals surface area contributed by atoms with E-state index in [-0.39, 0.29) is 12.8 Å². The summed E-state index contributed by atoms with van der Waals surface area (Å²) in [7, 11) is 0.